The molecule has 0 aromatic heterocycles. The molecule has 1 aliphatic rings. The molecule has 5 rings (SSSR count). The summed E-state index contributed by atoms with van der Waals surface area (Å²) in [6.07, 6.45) is 7.01. The van der Waals surface area contributed by atoms with Gasteiger partial charge in [-0.1, -0.05) is 103 Å². The quantitative estimate of drug-likeness (QED) is 0.214. The highest BCUT2D eigenvalue weighted by atomic mass is 16.5. The van der Waals surface area contributed by atoms with Gasteiger partial charge in [0.1, 0.15) is 18.4 Å². The fourth-order valence-corrected chi connectivity index (χ4v) is 5.67. The normalized spacial score (nSPS) is 15.7. The average Bonchev–Trinajstić information content (AvgIpc) is 2.98. The number of carbonyl (C=O) groups is 1. The van der Waals surface area contributed by atoms with Crippen LogP contribution in [0.3, 0.4) is 0 Å². The fourth-order valence-electron chi connectivity index (χ4n) is 5.67. The molecular weight excluding hydrogens is 506 g/mol. The molecular formula is C37H39NO3. The first-order valence-corrected chi connectivity index (χ1v) is 14.5. The molecule has 210 valence electrons. The minimum Gasteiger partial charge on any atom is -0.489 e. The van der Waals surface area contributed by atoms with Crippen molar-refractivity contribution in [2.75, 3.05) is 6.54 Å². The van der Waals surface area contributed by atoms with Gasteiger partial charge in [0.25, 0.3) is 0 Å². The van der Waals surface area contributed by atoms with Crippen molar-refractivity contribution in [1.29, 1.82) is 0 Å². The number of piperidine rings is 1. The van der Waals surface area contributed by atoms with Gasteiger partial charge >= 0.3 is 5.97 Å². The van der Waals surface area contributed by atoms with E-state index in [1.165, 1.54) is 27.8 Å². The van der Waals surface area contributed by atoms with Gasteiger partial charge in [-0.25, -0.2) is 0 Å². The van der Waals surface area contributed by atoms with E-state index in [1.807, 2.05) is 6.07 Å². The molecule has 1 heterocycles. The van der Waals surface area contributed by atoms with Crippen LogP contribution < -0.4 is 4.74 Å². The fraction of sp³-hybridized carbons (Fsp3) is 0.270. The maximum absolute atomic E-state index is 12.0. The van der Waals surface area contributed by atoms with Crippen LogP contribution in [0.25, 0.3) is 23.3 Å². The van der Waals surface area contributed by atoms with Crippen molar-refractivity contribution in [2.45, 2.75) is 59.2 Å². The van der Waals surface area contributed by atoms with Gasteiger partial charge in [-0.2, -0.15) is 0 Å². The smallest absolute Gasteiger partial charge is 0.320 e. The molecule has 41 heavy (non-hydrogen) atoms. The summed E-state index contributed by atoms with van der Waals surface area (Å²) < 4.78 is 6.44. The van der Waals surface area contributed by atoms with E-state index in [0.717, 1.165) is 47.4 Å². The molecule has 1 N–H and O–H groups in total. The highest BCUT2D eigenvalue weighted by Gasteiger charge is 2.29. The number of aryl methyl sites for hydroxylation is 2. The molecule has 0 spiro atoms. The summed E-state index contributed by atoms with van der Waals surface area (Å²) in [4.78, 5) is 14.1. The minimum absolute atomic E-state index is 0.451. The van der Waals surface area contributed by atoms with Gasteiger partial charge in [0.15, 0.2) is 0 Å². The van der Waals surface area contributed by atoms with Gasteiger partial charge < -0.3 is 9.84 Å². The summed E-state index contributed by atoms with van der Waals surface area (Å²) in [5.74, 6) is 0.0662. The second kappa shape index (κ2) is 13.0. The van der Waals surface area contributed by atoms with Crippen molar-refractivity contribution in [1.82, 2.24) is 4.90 Å². The lowest BCUT2D eigenvalue weighted by atomic mass is 9.95. The van der Waals surface area contributed by atoms with Crippen LogP contribution in [0.15, 0.2) is 84.9 Å². The predicted molar refractivity (Wildman–Crippen MR) is 168 cm³/mol. The lowest BCUT2D eigenvalue weighted by Crippen LogP contribution is -2.44. The number of ether oxygens (including phenoxy) is 1. The molecule has 1 atom stereocenters. The Labute approximate surface area is 243 Å². The van der Waals surface area contributed by atoms with Crippen LogP contribution in [-0.4, -0.2) is 28.6 Å². The Morgan fingerprint density at radius 2 is 1.66 bits per heavy atom. The first kappa shape index (κ1) is 28.4. The molecule has 4 heteroatoms. The number of hydrogen-bond acceptors (Lipinski definition) is 3. The standard InChI is InChI=1S/C37H39NO3/c1-26-15-17-29(18-16-26)25-41-36-23-32(27(2)22-33(36)24-38-21-8-7-14-35(38)37(39)40)20-19-30-12-9-13-34(28(30)3)31-10-5-4-6-11-31/h4-6,9-13,15-20,22-23,35H,7-8,14,21,24-25H2,1-3H3,(H,39,40)/b20-19+/t35-/m0/s1. The molecule has 4 nitrogen and oxygen atoms in total. The molecule has 1 saturated heterocycles. The van der Waals surface area contributed by atoms with E-state index in [0.29, 0.717) is 19.6 Å². The third kappa shape index (κ3) is 6.96. The molecule has 1 fully saturated rings. The van der Waals surface area contributed by atoms with E-state index in [9.17, 15) is 9.90 Å². The molecule has 0 unspecified atom stereocenters. The summed E-state index contributed by atoms with van der Waals surface area (Å²) in [5, 5.41) is 9.84. The van der Waals surface area contributed by atoms with Crippen molar-refractivity contribution in [2.24, 2.45) is 0 Å². The van der Waals surface area contributed by atoms with Crippen LogP contribution in [-0.2, 0) is 17.9 Å². The van der Waals surface area contributed by atoms with Crippen LogP contribution in [0, 0.1) is 20.8 Å². The van der Waals surface area contributed by atoms with Crippen molar-refractivity contribution >= 4 is 18.1 Å². The zero-order valence-corrected chi connectivity index (χ0v) is 24.3. The van der Waals surface area contributed by atoms with E-state index in [4.69, 9.17) is 4.74 Å². The van der Waals surface area contributed by atoms with Crippen LogP contribution in [0.4, 0.5) is 0 Å². The number of aliphatic carboxylic acids is 1. The highest BCUT2D eigenvalue weighted by molar-refractivity contribution is 5.78. The Morgan fingerprint density at radius 3 is 2.41 bits per heavy atom. The first-order chi connectivity index (χ1) is 19.9. The predicted octanol–water partition coefficient (Wildman–Crippen LogP) is 8.47. The number of carboxylic acids is 1. The molecule has 0 aliphatic carbocycles. The summed E-state index contributed by atoms with van der Waals surface area (Å²) in [6, 6.07) is 29.1. The molecule has 0 amide bonds. The molecule has 0 radical (unpaired) electrons. The second-order valence-corrected chi connectivity index (χ2v) is 11.1. The first-order valence-electron chi connectivity index (χ1n) is 14.5. The molecule has 4 aromatic carbocycles. The summed E-state index contributed by atoms with van der Waals surface area (Å²) in [6.45, 7) is 8.17. The Hall–Kier alpha value is -4.15. The Morgan fingerprint density at radius 1 is 0.902 bits per heavy atom. The van der Waals surface area contributed by atoms with Crippen molar-refractivity contribution in [3.63, 3.8) is 0 Å². The molecule has 4 aromatic rings. The minimum atomic E-state index is -0.740. The Balaban J connectivity index is 1.46. The maximum Gasteiger partial charge on any atom is 0.320 e. The van der Waals surface area contributed by atoms with Gasteiger partial charge in [0, 0.05) is 12.1 Å². The van der Waals surface area contributed by atoms with Crippen LogP contribution in [0.1, 0.15) is 58.2 Å². The van der Waals surface area contributed by atoms with Crippen molar-refractivity contribution in [3.8, 4) is 16.9 Å². The second-order valence-electron chi connectivity index (χ2n) is 11.1. The number of likely N-dealkylation sites (tertiary alicyclic amines) is 1. The van der Waals surface area contributed by atoms with E-state index in [1.54, 1.807) is 0 Å². The van der Waals surface area contributed by atoms with E-state index < -0.39 is 12.0 Å². The van der Waals surface area contributed by atoms with Crippen LogP contribution in [0.5, 0.6) is 5.75 Å². The largest absolute Gasteiger partial charge is 0.489 e. The van der Waals surface area contributed by atoms with Gasteiger partial charge in [-0.3, -0.25) is 9.69 Å². The maximum atomic E-state index is 12.0. The van der Waals surface area contributed by atoms with Crippen molar-refractivity contribution in [3.05, 3.63) is 124 Å². The SMILES string of the molecule is Cc1ccc(COc2cc(/C=C/c3cccc(-c4ccccc4)c3C)c(C)cc2CN2CCCC[C@H]2C(=O)O)cc1. The van der Waals surface area contributed by atoms with Gasteiger partial charge in [-0.15, -0.1) is 0 Å². The van der Waals surface area contributed by atoms with Gasteiger partial charge in [-0.05, 0) is 85.2 Å². The summed E-state index contributed by atoms with van der Waals surface area (Å²) in [5.41, 5.74) is 10.4. The Bertz CT molecular complexity index is 1520. The lowest BCUT2D eigenvalue weighted by molar-refractivity contribution is -0.144. The molecule has 0 saturated carbocycles. The monoisotopic (exact) mass is 545 g/mol. The number of rotatable bonds is 9. The lowest BCUT2D eigenvalue weighted by Gasteiger charge is -2.33. The molecule has 1 aliphatic heterocycles. The van der Waals surface area contributed by atoms with Crippen LogP contribution in [0.2, 0.25) is 0 Å². The number of nitrogens with zero attached hydrogens (tertiary/aromatic N) is 1. The zero-order chi connectivity index (χ0) is 28.8. The van der Waals surface area contributed by atoms with Gasteiger partial charge in [0.05, 0.1) is 0 Å². The third-order valence-corrected chi connectivity index (χ3v) is 8.14. The van der Waals surface area contributed by atoms with Crippen LogP contribution >= 0.6 is 0 Å². The third-order valence-electron chi connectivity index (χ3n) is 8.14. The summed E-state index contributed by atoms with van der Waals surface area (Å²) >= 11 is 0. The van der Waals surface area contributed by atoms with E-state index in [2.05, 4.69) is 117 Å². The van der Waals surface area contributed by atoms with Crippen molar-refractivity contribution < 1.29 is 14.6 Å². The number of benzene rings is 4. The Kier molecular flexibility index (Phi) is 9.01. The van der Waals surface area contributed by atoms with Gasteiger partial charge in [0.2, 0.25) is 0 Å². The summed E-state index contributed by atoms with van der Waals surface area (Å²) in [7, 11) is 0. The number of hydrogen-bond donors (Lipinski definition) is 1. The molecule has 0 bridgehead atoms. The number of carboxylic acid groups (broad SMARTS) is 1. The topological polar surface area (TPSA) is 49.8 Å². The van der Waals surface area contributed by atoms with E-state index in [-0.39, 0.29) is 0 Å². The highest BCUT2D eigenvalue weighted by Crippen LogP contribution is 2.31. The average molecular weight is 546 g/mol. The zero-order valence-electron chi connectivity index (χ0n) is 24.3. The van der Waals surface area contributed by atoms with E-state index >= 15 is 0 Å².